The number of nitrogens with zero attached hydrogens (tertiary/aromatic N) is 4. The Hall–Kier alpha value is -2.83. The Bertz CT molecular complexity index is 1140. The van der Waals surface area contributed by atoms with Crippen molar-refractivity contribution in [3.8, 4) is 0 Å². The van der Waals surface area contributed by atoms with Crippen molar-refractivity contribution in [2.75, 3.05) is 6.54 Å². The zero-order valence-electron chi connectivity index (χ0n) is 15.6. The van der Waals surface area contributed by atoms with E-state index in [1.54, 1.807) is 29.3 Å². The molecule has 0 aliphatic rings. The topological polar surface area (TPSA) is 64.7 Å². The van der Waals surface area contributed by atoms with E-state index in [0.29, 0.717) is 28.8 Å². The van der Waals surface area contributed by atoms with Crippen molar-refractivity contribution in [3.63, 3.8) is 0 Å². The number of aryl methyl sites for hydroxylation is 1. The highest BCUT2D eigenvalue weighted by molar-refractivity contribution is 6.35. The van der Waals surface area contributed by atoms with Crippen LogP contribution in [0.2, 0.25) is 10.0 Å². The van der Waals surface area contributed by atoms with Crippen LogP contribution in [0.5, 0.6) is 0 Å². The van der Waals surface area contributed by atoms with E-state index in [-0.39, 0.29) is 5.91 Å². The molecular weight excluding hydrogens is 409 g/mol. The first kappa shape index (κ1) is 19.5. The molecule has 148 valence electrons. The lowest BCUT2D eigenvalue weighted by Gasteiger charge is -2.06. The number of aromatic nitrogens is 4. The Morgan fingerprint density at radius 2 is 2.00 bits per heavy atom. The molecule has 0 saturated carbocycles. The number of nitrogens with one attached hydrogen (secondary N) is 1. The van der Waals surface area contributed by atoms with Crippen molar-refractivity contribution in [3.05, 3.63) is 82.5 Å². The zero-order chi connectivity index (χ0) is 20.2. The summed E-state index contributed by atoms with van der Waals surface area (Å²) in [5, 5.41) is 9.50. The van der Waals surface area contributed by atoms with Gasteiger partial charge in [-0.05, 0) is 30.2 Å². The van der Waals surface area contributed by atoms with Crippen LogP contribution in [0.1, 0.15) is 22.5 Å². The van der Waals surface area contributed by atoms with Gasteiger partial charge in [-0.15, -0.1) is 0 Å². The van der Waals surface area contributed by atoms with Crippen LogP contribution in [0.4, 0.5) is 0 Å². The van der Waals surface area contributed by atoms with Crippen LogP contribution in [-0.2, 0) is 13.1 Å². The standard InChI is InChI=1S/C21H19Cl2N5O/c22-16-7-6-15(18(23)12-16)13-28-19-5-2-1-4-17(19)20(26-28)21(29)25-8-3-10-27-11-9-24-14-27/h1-2,4-7,9,11-12,14H,3,8,10,13H2,(H,25,29). The lowest BCUT2D eigenvalue weighted by Crippen LogP contribution is -2.26. The van der Waals surface area contributed by atoms with Crippen molar-refractivity contribution in [1.82, 2.24) is 24.6 Å². The Labute approximate surface area is 178 Å². The van der Waals surface area contributed by atoms with E-state index in [2.05, 4.69) is 15.4 Å². The van der Waals surface area contributed by atoms with Gasteiger partial charge in [-0.3, -0.25) is 9.48 Å². The first-order valence-electron chi connectivity index (χ1n) is 9.25. The van der Waals surface area contributed by atoms with Gasteiger partial charge >= 0.3 is 0 Å². The number of hydrogen-bond acceptors (Lipinski definition) is 3. The molecule has 0 aliphatic carbocycles. The predicted octanol–water partition coefficient (Wildman–Crippen LogP) is 4.41. The molecule has 4 rings (SSSR count). The van der Waals surface area contributed by atoms with Crippen molar-refractivity contribution in [2.24, 2.45) is 0 Å². The van der Waals surface area contributed by atoms with Crippen molar-refractivity contribution in [1.29, 1.82) is 0 Å². The summed E-state index contributed by atoms with van der Waals surface area (Å²) in [7, 11) is 0. The van der Waals surface area contributed by atoms with Crippen molar-refractivity contribution < 1.29 is 4.79 Å². The monoisotopic (exact) mass is 427 g/mol. The number of carbonyl (C=O) groups is 1. The molecule has 0 bridgehead atoms. The number of halogens is 2. The summed E-state index contributed by atoms with van der Waals surface area (Å²) in [6.07, 6.45) is 6.21. The Balaban J connectivity index is 1.51. The molecule has 2 heterocycles. The minimum Gasteiger partial charge on any atom is -0.351 e. The second kappa shape index (κ2) is 8.68. The first-order chi connectivity index (χ1) is 14.1. The highest BCUT2D eigenvalue weighted by atomic mass is 35.5. The molecule has 1 N–H and O–H groups in total. The number of benzene rings is 2. The highest BCUT2D eigenvalue weighted by Crippen LogP contribution is 2.24. The fourth-order valence-corrected chi connectivity index (χ4v) is 3.66. The van der Waals surface area contributed by atoms with Gasteiger partial charge in [0.05, 0.1) is 18.4 Å². The number of rotatable bonds is 7. The van der Waals surface area contributed by atoms with Crippen LogP contribution >= 0.6 is 23.2 Å². The number of carbonyl (C=O) groups excluding carboxylic acids is 1. The molecule has 4 aromatic rings. The Kier molecular flexibility index (Phi) is 5.83. The molecular formula is C21H19Cl2N5O. The van der Waals surface area contributed by atoms with E-state index < -0.39 is 0 Å². The molecule has 0 unspecified atom stereocenters. The number of para-hydroxylation sites is 1. The van der Waals surface area contributed by atoms with E-state index >= 15 is 0 Å². The number of fused-ring (bicyclic) bond motifs is 1. The van der Waals surface area contributed by atoms with Gasteiger partial charge in [0, 0.05) is 40.9 Å². The van der Waals surface area contributed by atoms with Crippen LogP contribution < -0.4 is 5.32 Å². The molecule has 6 nitrogen and oxygen atoms in total. The van der Waals surface area contributed by atoms with E-state index in [4.69, 9.17) is 23.2 Å². The normalized spacial score (nSPS) is 11.1. The Morgan fingerprint density at radius 3 is 2.79 bits per heavy atom. The summed E-state index contributed by atoms with van der Waals surface area (Å²) >= 11 is 12.3. The third-order valence-corrected chi connectivity index (χ3v) is 5.23. The zero-order valence-corrected chi connectivity index (χ0v) is 17.1. The fraction of sp³-hybridized carbons (Fsp3) is 0.190. The van der Waals surface area contributed by atoms with Gasteiger partial charge < -0.3 is 9.88 Å². The largest absolute Gasteiger partial charge is 0.351 e. The van der Waals surface area contributed by atoms with Crippen LogP contribution in [-0.4, -0.2) is 31.8 Å². The van der Waals surface area contributed by atoms with Gasteiger partial charge in [0.2, 0.25) is 0 Å². The van der Waals surface area contributed by atoms with Crippen molar-refractivity contribution in [2.45, 2.75) is 19.5 Å². The smallest absolute Gasteiger partial charge is 0.272 e. The molecule has 2 aromatic heterocycles. The first-order valence-corrected chi connectivity index (χ1v) is 10.0. The molecule has 2 aromatic carbocycles. The lowest BCUT2D eigenvalue weighted by atomic mass is 10.2. The predicted molar refractivity (Wildman–Crippen MR) is 114 cm³/mol. The lowest BCUT2D eigenvalue weighted by molar-refractivity contribution is 0.0948. The molecule has 29 heavy (non-hydrogen) atoms. The van der Waals surface area contributed by atoms with Crippen LogP contribution in [0, 0.1) is 0 Å². The SMILES string of the molecule is O=C(NCCCn1ccnc1)c1nn(Cc2ccc(Cl)cc2Cl)c2ccccc12. The van der Waals surface area contributed by atoms with Gasteiger partial charge in [0.25, 0.3) is 5.91 Å². The third-order valence-electron chi connectivity index (χ3n) is 4.65. The van der Waals surface area contributed by atoms with Crippen LogP contribution in [0.3, 0.4) is 0 Å². The van der Waals surface area contributed by atoms with Gasteiger partial charge in [0.1, 0.15) is 0 Å². The van der Waals surface area contributed by atoms with E-state index in [9.17, 15) is 4.79 Å². The Morgan fingerprint density at radius 1 is 1.14 bits per heavy atom. The minimum atomic E-state index is -0.187. The van der Waals surface area contributed by atoms with Gasteiger partial charge in [0.15, 0.2) is 5.69 Å². The maximum absolute atomic E-state index is 12.7. The number of hydrogen-bond donors (Lipinski definition) is 1. The second-order valence-electron chi connectivity index (χ2n) is 6.67. The van der Waals surface area contributed by atoms with Crippen LogP contribution in [0.25, 0.3) is 10.9 Å². The summed E-state index contributed by atoms with van der Waals surface area (Å²) in [6, 6.07) is 13.1. The van der Waals surface area contributed by atoms with Crippen LogP contribution in [0.15, 0.2) is 61.2 Å². The van der Waals surface area contributed by atoms with E-state index in [1.165, 1.54) is 0 Å². The van der Waals surface area contributed by atoms with E-state index in [0.717, 1.165) is 29.4 Å². The van der Waals surface area contributed by atoms with Crippen molar-refractivity contribution >= 4 is 40.0 Å². The molecule has 0 atom stereocenters. The maximum atomic E-state index is 12.7. The molecule has 0 radical (unpaired) electrons. The summed E-state index contributed by atoms with van der Waals surface area (Å²) in [5.74, 6) is -0.187. The quantitative estimate of drug-likeness (QED) is 0.444. The maximum Gasteiger partial charge on any atom is 0.272 e. The summed E-state index contributed by atoms with van der Waals surface area (Å²) in [5.41, 5.74) is 2.17. The molecule has 0 fully saturated rings. The summed E-state index contributed by atoms with van der Waals surface area (Å²) in [6.45, 7) is 1.80. The second-order valence-corrected chi connectivity index (χ2v) is 7.51. The number of imidazole rings is 1. The van der Waals surface area contributed by atoms with Gasteiger partial charge in [-0.2, -0.15) is 5.10 Å². The van der Waals surface area contributed by atoms with Gasteiger partial charge in [-0.25, -0.2) is 4.98 Å². The molecule has 0 saturated heterocycles. The number of amides is 1. The average molecular weight is 428 g/mol. The highest BCUT2D eigenvalue weighted by Gasteiger charge is 2.17. The minimum absolute atomic E-state index is 0.187. The molecule has 0 aliphatic heterocycles. The molecule has 0 spiro atoms. The fourth-order valence-electron chi connectivity index (χ4n) is 3.19. The third kappa shape index (κ3) is 4.44. The summed E-state index contributed by atoms with van der Waals surface area (Å²) < 4.78 is 3.77. The van der Waals surface area contributed by atoms with E-state index in [1.807, 2.05) is 41.1 Å². The average Bonchev–Trinajstić information content (AvgIpc) is 3.36. The molecule has 8 heteroatoms. The van der Waals surface area contributed by atoms with Gasteiger partial charge in [-0.1, -0.05) is 47.5 Å². The summed E-state index contributed by atoms with van der Waals surface area (Å²) in [4.78, 5) is 16.8. The molecule has 1 amide bonds.